The summed E-state index contributed by atoms with van der Waals surface area (Å²) in [5, 5.41) is 16.7. The molecule has 1 aliphatic heterocycles. The van der Waals surface area contributed by atoms with Gasteiger partial charge >= 0.3 is 0 Å². The van der Waals surface area contributed by atoms with Crippen LogP contribution in [0.25, 0.3) is 11.3 Å². The zero-order valence-electron chi connectivity index (χ0n) is 17.3. The van der Waals surface area contributed by atoms with Gasteiger partial charge in [0.1, 0.15) is 5.69 Å². The summed E-state index contributed by atoms with van der Waals surface area (Å²) in [6, 6.07) is 1.78. The highest BCUT2D eigenvalue weighted by Gasteiger charge is 2.26. The van der Waals surface area contributed by atoms with E-state index in [1.54, 1.807) is 17.9 Å². The Labute approximate surface area is 175 Å². The quantitative estimate of drug-likeness (QED) is 0.642. The van der Waals surface area contributed by atoms with Gasteiger partial charge in [0, 0.05) is 62.4 Å². The van der Waals surface area contributed by atoms with Crippen LogP contribution in [0, 0.1) is 5.92 Å². The SMILES string of the molecule is COCCn1ccc(C(=O)N2CCc3[nH]nc(-c4cnn(CC5CC5)c4)c3CC2)n1. The molecule has 0 saturated heterocycles. The summed E-state index contributed by atoms with van der Waals surface area (Å²) in [7, 11) is 1.66. The molecule has 2 aliphatic rings. The van der Waals surface area contributed by atoms with Gasteiger partial charge in [-0.15, -0.1) is 0 Å². The number of ether oxygens (including phenoxy) is 1. The van der Waals surface area contributed by atoms with Gasteiger partial charge in [0.05, 0.1) is 25.0 Å². The third-order valence-electron chi connectivity index (χ3n) is 5.94. The van der Waals surface area contributed by atoms with Crippen molar-refractivity contribution in [3.05, 3.63) is 41.6 Å². The Bertz CT molecular complexity index is 1030. The van der Waals surface area contributed by atoms with Crippen molar-refractivity contribution in [3.63, 3.8) is 0 Å². The Morgan fingerprint density at radius 2 is 2.13 bits per heavy atom. The first-order valence-electron chi connectivity index (χ1n) is 10.6. The summed E-state index contributed by atoms with van der Waals surface area (Å²) in [6.45, 7) is 3.50. The maximum atomic E-state index is 13.0. The van der Waals surface area contributed by atoms with Crippen LogP contribution in [0.5, 0.6) is 0 Å². The molecule has 1 N–H and O–H groups in total. The first kappa shape index (κ1) is 19.0. The van der Waals surface area contributed by atoms with E-state index < -0.39 is 0 Å². The van der Waals surface area contributed by atoms with Crippen LogP contribution >= 0.6 is 0 Å². The van der Waals surface area contributed by atoms with Crippen LogP contribution in [0.4, 0.5) is 0 Å². The summed E-state index contributed by atoms with van der Waals surface area (Å²) in [5.41, 5.74) is 4.80. The number of hydrogen-bond donors (Lipinski definition) is 1. The molecular formula is C21H27N7O2. The highest BCUT2D eigenvalue weighted by Crippen LogP contribution is 2.31. The van der Waals surface area contributed by atoms with Crippen molar-refractivity contribution in [1.29, 1.82) is 0 Å². The first-order chi connectivity index (χ1) is 14.7. The maximum absolute atomic E-state index is 13.0. The number of aromatic amines is 1. The minimum absolute atomic E-state index is 0.0249. The van der Waals surface area contributed by atoms with E-state index in [2.05, 4.69) is 26.6 Å². The van der Waals surface area contributed by atoms with Crippen LogP contribution in [0.2, 0.25) is 0 Å². The molecule has 158 valence electrons. The number of rotatable bonds is 7. The highest BCUT2D eigenvalue weighted by molar-refractivity contribution is 5.92. The number of nitrogens with one attached hydrogen (secondary N) is 1. The van der Waals surface area contributed by atoms with E-state index in [1.807, 2.05) is 22.0 Å². The summed E-state index contributed by atoms with van der Waals surface area (Å²) in [4.78, 5) is 14.8. The van der Waals surface area contributed by atoms with Crippen LogP contribution in [-0.2, 0) is 30.7 Å². The lowest BCUT2D eigenvalue weighted by atomic mass is 10.1. The molecule has 0 radical (unpaired) electrons. The van der Waals surface area contributed by atoms with Gasteiger partial charge in [0.25, 0.3) is 5.91 Å². The largest absolute Gasteiger partial charge is 0.383 e. The molecule has 0 bridgehead atoms. The second kappa shape index (κ2) is 8.06. The number of H-pyrrole nitrogens is 1. The fourth-order valence-electron chi connectivity index (χ4n) is 4.02. The van der Waals surface area contributed by atoms with Crippen LogP contribution < -0.4 is 0 Å². The first-order valence-corrected chi connectivity index (χ1v) is 10.6. The van der Waals surface area contributed by atoms with Crippen LogP contribution in [0.3, 0.4) is 0 Å². The molecule has 0 spiro atoms. The lowest BCUT2D eigenvalue weighted by Crippen LogP contribution is -2.33. The van der Waals surface area contributed by atoms with Gasteiger partial charge in [-0.25, -0.2) is 0 Å². The van der Waals surface area contributed by atoms with E-state index in [0.29, 0.717) is 31.9 Å². The normalized spacial score (nSPS) is 16.5. The van der Waals surface area contributed by atoms with Crippen LogP contribution in [0.1, 0.15) is 34.6 Å². The summed E-state index contributed by atoms with van der Waals surface area (Å²) in [5.74, 6) is 0.759. The van der Waals surface area contributed by atoms with Crippen molar-refractivity contribution in [2.75, 3.05) is 26.8 Å². The number of aromatic nitrogens is 6. The number of fused-ring (bicyclic) bond motifs is 1. The van der Waals surface area contributed by atoms with Crippen molar-refractivity contribution in [2.24, 2.45) is 5.92 Å². The molecule has 9 heteroatoms. The van der Waals surface area contributed by atoms with E-state index in [1.165, 1.54) is 18.4 Å². The number of carbonyl (C=O) groups is 1. The lowest BCUT2D eigenvalue weighted by molar-refractivity contribution is 0.0755. The molecule has 9 nitrogen and oxygen atoms in total. The topological polar surface area (TPSA) is 93.9 Å². The number of methoxy groups -OCH3 is 1. The second-order valence-electron chi connectivity index (χ2n) is 8.17. The van der Waals surface area contributed by atoms with E-state index in [-0.39, 0.29) is 5.91 Å². The third-order valence-corrected chi connectivity index (χ3v) is 5.94. The average molecular weight is 409 g/mol. The van der Waals surface area contributed by atoms with Gasteiger partial charge in [-0.05, 0) is 31.2 Å². The molecular weight excluding hydrogens is 382 g/mol. The van der Waals surface area contributed by atoms with Crippen LogP contribution in [0.15, 0.2) is 24.7 Å². The van der Waals surface area contributed by atoms with Crippen molar-refractivity contribution in [3.8, 4) is 11.3 Å². The maximum Gasteiger partial charge on any atom is 0.274 e. The second-order valence-corrected chi connectivity index (χ2v) is 8.17. The monoisotopic (exact) mass is 409 g/mol. The number of hydrogen-bond acceptors (Lipinski definition) is 5. The number of nitrogens with zero attached hydrogens (tertiary/aromatic N) is 6. The Balaban J connectivity index is 1.27. The number of amides is 1. The Kier molecular flexibility index (Phi) is 5.12. The molecule has 5 rings (SSSR count). The standard InChI is InChI=1S/C21H27N7O2/c1-30-11-10-27-9-6-19(25-27)21(29)26-7-4-17-18(5-8-26)23-24-20(17)16-12-22-28(14-16)13-15-2-3-15/h6,9,12,14-15H,2-5,7-8,10-11,13H2,1H3,(H,23,24). The molecule has 1 saturated carbocycles. The van der Waals surface area contributed by atoms with Crippen molar-refractivity contribution in [2.45, 2.75) is 38.8 Å². The zero-order chi connectivity index (χ0) is 20.5. The molecule has 1 amide bonds. The molecule has 3 aromatic rings. The Hall–Kier alpha value is -2.94. The lowest BCUT2D eigenvalue weighted by Gasteiger charge is -2.19. The predicted molar refractivity (Wildman–Crippen MR) is 110 cm³/mol. The molecule has 0 aromatic carbocycles. The smallest absolute Gasteiger partial charge is 0.274 e. The molecule has 0 unspecified atom stereocenters. The van der Waals surface area contributed by atoms with Crippen molar-refractivity contribution < 1.29 is 9.53 Å². The Morgan fingerprint density at radius 3 is 2.97 bits per heavy atom. The molecule has 3 aromatic heterocycles. The summed E-state index contributed by atoms with van der Waals surface area (Å²) < 4.78 is 8.85. The van der Waals surface area contributed by atoms with Gasteiger partial charge in [0.15, 0.2) is 0 Å². The summed E-state index contributed by atoms with van der Waals surface area (Å²) >= 11 is 0. The molecule has 30 heavy (non-hydrogen) atoms. The fourth-order valence-corrected chi connectivity index (χ4v) is 4.02. The highest BCUT2D eigenvalue weighted by atomic mass is 16.5. The number of carbonyl (C=O) groups excluding carboxylic acids is 1. The molecule has 1 aliphatic carbocycles. The van der Waals surface area contributed by atoms with E-state index >= 15 is 0 Å². The fraction of sp³-hybridized carbons (Fsp3) is 0.524. The van der Waals surface area contributed by atoms with Gasteiger partial charge in [0.2, 0.25) is 0 Å². The van der Waals surface area contributed by atoms with Gasteiger partial charge in [-0.3, -0.25) is 19.3 Å². The molecule has 1 fully saturated rings. The predicted octanol–water partition coefficient (Wildman–Crippen LogP) is 1.77. The van der Waals surface area contributed by atoms with Crippen molar-refractivity contribution >= 4 is 5.91 Å². The van der Waals surface area contributed by atoms with Gasteiger partial charge < -0.3 is 9.64 Å². The van der Waals surface area contributed by atoms with Crippen molar-refractivity contribution in [1.82, 2.24) is 34.7 Å². The van der Waals surface area contributed by atoms with Crippen LogP contribution in [-0.4, -0.2) is 67.4 Å². The van der Waals surface area contributed by atoms with E-state index in [9.17, 15) is 4.79 Å². The van der Waals surface area contributed by atoms with E-state index in [4.69, 9.17) is 4.74 Å². The molecule has 4 heterocycles. The average Bonchev–Trinajstić information content (AvgIpc) is 3.13. The Morgan fingerprint density at radius 1 is 1.27 bits per heavy atom. The minimum Gasteiger partial charge on any atom is -0.383 e. The minimum atomic E-state index is -0.0249. The molecule has 0 atom stereocenters. The van der Waals surface area contributed by atoms with Gasteiger partial charge in [-0.1, -0.05) is 0 Å². The zero-order valence-corrected chi connectivity index (χ0v) is 17.3. The van der Waals surface area contributed by atoms with E-state index in [0.717, 1.165) is 42.3 Å². The third kappa shape index (κ3) is 3.89. The summed E-state index contributed by atoms with van der Waals surface area (Å²) in [6.07, 6.45) is 9.96. The van der Waals surface area contributed by atoms with Gasteiger partial charge in [-0.2, -0.15) is 15.3 Å².